The van der Waals surface area contributed by atoms with Crippen molar-refractivity contribution in [2.75, 3.05) is 10.6 Å². The Kier molecular flexibility index (Phi) is 13.8. The molecule has 0 aliphatic rings. The fraction of sp³-hybridized carbons (Fsp3) is 0.0500. The number of benzene rings is 6. The summed E-state index contributed by atoms with van der Waals surface area (Å²) < 4.78 is 0. The van der Waals surface area contributed by atoms with Gasteiger partial charge in [-0.15, -0.1) is 0 Å². The van der Waals surface area contributed by atoms with E-state index in [1.165, 1.54) is 24.3 Å². The number of carbonyl (C=O) groups is 2. The average Bonchev–Trinajstić information content (AvgIpc) is 3.13. The summed E-state index contributed by atoms with van der Waals surface area (Å²) in [5.41, 5.74) is 3.08. The van der Waals surface area contributed by atoms with Gasteiger partial charge in [-0.1, -0.05) is 101 Å². The Hall–Kier alpha value is -4.97. The van der Waals surface area contributed by atoms with Crippen LogP contribution < -0.4 is 10.6 Å². The van der Waals surface area contributed by atoms with Gasteiger partial charge in [-0.05, 0) is 96.1 Å². The Balaban J connectivity index is 0.000000204. The van der Waals surface area contributed by atoms with E-state index in [0.717, 1.165) is 30.7 Å². The molecule has 13 heteroatoms. The molecular weight excluding hydrogens is 775 g/mol. The SMILES string of the molecule is O=C(O)c1cc(NCc2ccccc2Sc2ccc(Cl)c(Cl)c2)ccc1O.O=C(O)c1cc(NCc2ccccc2Sc2cccc(Cl)c2)ccc1O. The van der Waals surface area contributed by atoms with Crippen molar-refractivity contribution < 1.29 is 30.0 Å². The van der Waals surface area contributed by atoms with Gasteiger partial charge in [-0.25, -0.2) is 9.59 Å². The molecule has 6 N–H and O–H groups in total. The number of aromatic hydroxyl groups is 2. The number of hydrogen-bond donors (Lipinski definition) is 6. The van der Waals surface area contributed by atoms with E-state index in [2.05, 4.69) is 10.6 Å². The van der Waals surface area contributed by atoms with Crippen molar-refractivity contribution in [2.24, 2.45) is 0 Å². The molecule has 6 aromatic rings. The van der Waals surface area contributed by atoms with Gasteiger partial charge in [0.1, 0.15) is 22.6 Å². The highest BCUT2D eigenvalue weighted by atomic mass is 35.5. The Bertz CT molecular complexity index is 2260. The molecule has 270 valence electrons. The fourth-order valence-corrected chi connectivity index (χ4v) is 7.46. The zero-order valence-corrected chi connectivity index (χ0v) is 31.5. The van der Waals surface area contributed by atoms with Gasteiger partial charge in [0.05, 0.1) is 10.0 Å². The third kappa shape index (κ3) is 11.3. The number of anilines is 2. The number of carboxylic acids is 2. The highest BCUT2D eigenvalue weighted by Gasteiger charge is 2.13. The topological polar surface area (TPSA) is 139 Å². The predicted molar refractivity (Wildman–Crippen MR) is 214 cm³/mol. The van der Waals surface area contributed by atoms with E-state index in [0.29, 0.717) is 39.5 Å². The molecule has 0 saturated carbocycles. The summed E-state index contributed by atoms with van der Waals surface area (Å²) >= 11 is 21.3. The first-order chi connectivity index (χ1) is 25.5. The van der Waals surface area contributed by atoms with Crippen LogP contribution in [-0.4, -0.2) is 32.4 Å². The smallest absolute Gasteiger partial charge is 0.339 e. The normalized spacial score (nSPS) is 10.5. The second kappa shape index (κ2) is 18.7. The minimum Gasteiger partial charge on any atom is -0.507 e. The van der Waals surface area contributed by atoms with Gasteiger partial charge >= 0.3 is 11.9 Å². The van der Waals surface area contributed by atoms with E-state index >= 15 is 0 Å². The third-order valence-electron chi connectivity index (χ3n) is 7.51. The molecule has 0 amide bonds. The van der Waals surface area contributed by atoms with E-state index in [4.69, 9.17) is 45.0 Å². The van der Waals surface area contributed by atoms with Crippen LogP contribution in [0.5, 0.6) is 11.5 Å². The maximum absolute atomic E-state index is 11.1. The van der Waals surface area contributed by atoms with E-state index in [9.17, 15) is 19.8 Å². The maximum atomic E-state index is 11.1. The fourth-order valence-electron chi connectivity index (χ4n) is 4.85. The lowest BCUT2D eigenvalue weighted by Crippen LogP contribution is -2.03. The Morgan fingerprint density at radius 1 is 0.528 bits per heavy atom. The first-order valence-electron chi connectivity index (χ1n) is 15.8. The molecule has 0 atom stereocenters. The van der Waals surface area contributed by atoms with Crippen LogP contribution in [0.4, 0.5) is 11.4 Å². The van der Waals surface area contributed by atoms with Crippen LogP contribution in [-0.2, 0) is 13.1 Å². The maximum Gasteiger partial charge on any atom is 0.339 e. The van der Waals surface area contributed by atoms with Gasteiger partial charge in [-0.2, -0.15) is 0 Å². The summed E-state index contributed by atoms with van der Waals surface area (Å²) in [6, 6.07) is 37.9. The third-order valence-corrected chi connectivity index (χ3v) is 10.7. The molecule has 53 heavy (non-hydrogen) atoms. The van der Waals surface area contributed by atoms with Gasteiger partial charge in [0.25, 0.3) is 0 Å². The molecule has 0 bridgehead atoms. The molecule has 0 heterocycles. The lowest BCUT2D eigenvalue weighted by molar-refractivity contribution is 0.0682. The van der Waals surface area contributed by atoms with E-state index in [1.807, 2.05) is 84.9 Å². The largest absolute Gasteiger partial charge is 0.507 e. The summed E-state index contributed by atoms with van der Waals surface area (Å²) in [7, 11) is 0. The van der Waals surface area contributed by atoms with E-state index < -0.39 is 11.9 Å². The van der Waals surface area contributed by atoms with Crippen LogP contribution in [0.3, 0.4) is 0 Å². The molecule has 0 aromatic heterocycles. The molecule has 0 spiro atoms. The number of rotatable bonds is 12. The van der Waals surface area contributed by atoms with Crippen LogP contribution in [0.1, 0.15) is 31.8 Å². The van der Waals surface area contributed by atoms with Crippen molar-refractivity contribution in [2.45, 2.75) is 32.7 Å². The molecule has 8 nitrogen and oxygen atoms in total. The first-order valence-corrected chi connectivity index (χ1v) is 18.6. The quantitative estimate of drug-likeness (QED) is 0.0663. The zero-order valence-electron chi connectivity index (χ0n) is 27.6. The van der Waals surface area contributed by atoms with Crippen LogP contribution in [0.15, 0.2) is 147 Å². The molecular formula is C40H31Cl3N2O6S2. The highest BCUT2D eigenvalue weighted by molar-refractivity contribution is 7.99. The average molecular weight is 806 g/mol. The molecule has 0 fully saturated rings. The second-order valence-electron chi connectivity index (χ2n) is 11.2. The summed E-state index contributed by atoms with van der Waals surface area (Å²) in [5, 5.41) is 45.5. The Labute approximate surface area is 329 Å². The summed E-state index contributed by atoms with van der Waals surface area (Å²) in [6.45, 7) is 1.02. The van der Waals surface area contributed by atoms with Crippen LogP contribution in [0, 0.1) is 0 Å². The number of hydrogen-bond acceptors (Lipinski definition) is 8. The van der Waals surface area contributed by atoms with Crippen molar-refractivity contribution in [1.82, 2.24) is 0 Å². The Morgan fingerprint density at radius 3 is 1.49 bits per heavy atom. The molecule has 6 aromatic carbocycles. The van der Waals surface area contributed by atoms with Crippen molar-refractivity contribution in [1.29, 1.82) is 0 Å². The van der Waals surface area contributed by atoms with Crippen LogP contribution in [0.2, 0.25) is 15.1 Å². The second-order valence-corrected chi connectivity index (χ2v) is 14.7. The molecule has 0 aliphatic heterocycles. The van der Waals surface area contributed by atoms with Crippen LogP contribution >= 0.6 is 58.3 Å². The van der Waals surface area contributed by atoms with E-state index in [-0.39, 0.29) is 22.6 Å². The van der Waals surface area contributed by atoms with E-state index in [1.54, 1.807) is 41.7 Å². The summed E-state index contributed by atoms with van der Waals surface area (Å²) in [5.74, 6) is -2.85. The molecule has 0 aliphatic carbocycles. The number of nitrogens with one attached hydrogen (secondary N) is 2. The minimum absolute atomic E-state index is 0.128. The zero-order chi connectivity index (χ0) is 37.9. The highest BCUT2D eigenvalue weighted by Crippen LogP contribution is 2.35. The molecule has 0 radical (unpaired) electrons. The Morgan fingerprint density at radius 2 is 1.02 bits per heavy atom. The lowest BCUT2D eigenvalue weighted by Gasteiger charge is -2.12. The minimum atomic E-state index is -1.17. The number of halogens is 3. The van der Waals surface area contributed by atoms with Gasteiger partial charge in [-0.3, -0.25) is 0 Å². The number of aromatic carboxylic acids is 2. The molecule has 6 rings (SSSR count). The lowest BCUT2D eigenvalue weighted by atomic mass is 10.1. The van der Waals surface area contributed by atoms with Gasteiger partial charge in [0, 0.05) is 49.1 Å². The van der Waals surface area contributed by atoms with Crippen molar-refractivity contribution >= 4 is 81.6 Å². The van der Waals surface area contributed by atoms with Crippen molar-refractivity contribution in [3.05, 3.63) is 165 Å². The number of carboxylic acid groups (broad SMARTS) is 2. The predicted octanol–water partition coefficient (Wildman–Crippen LogP) is 11.7. The van der Waals surface area contributed by atoms with Crippen molar-refractivity contribution in [3.63, 3.8) is 0 Å². The molecule has 0 unspecified atom stereocenters. The number of phenols is 2. The standard InChI is InChI=1S/C20H15Cl2NO3S.C20H16ClNO3S/c21-16-7-6-14(10-17(16)22)27-19-4-2-1-3-12(19)11-23-13-5-8-18(24)15(9-13)20(25)26;21-14-5-3-6-16(10-14)26-19-7-2-1-4-13(19)12-22-15-8-9-18(23)17(11-15)20(24)25/h1-10,23-24H,11H2,(H,25,26);1-11,22-23H,12H2,(H,24,25). The molecule has 0 saturated heterocycles. The van der Waals surface area contributed by atoms with Gasteiger partial charge in [0.15, 0.2) is 0 Å². The monoisotopic (exact) mass is 804 g/mol. The summed E-state index contributed by atoms with van der Waals surface area (Å²) in [6.07, 6.45) is 0. The van der Waals surface area contributed by atoms with Gasteiger partial charge in [0.2, 0.25) is 0 Å². The van der Waals surface area contributed by atoms with Crippen molar-refractivity contribution in [3.8, 4) is 11.5 Å². The van der Waals surface area contributed by atoms with Crippen LogP contribution in [0.25, 0.3) is 0 Å². The first kappa shape index (κ1) is 39.2. The summed E-state index contributed by atoms with van der Waals surface area (Å²) in [4.78, 5) is 26.4. The van der Waals surface area contributed by atoms with Gasteiger partial charge < -0.3 is 31.1 Å².